The van der Waals surface area contributed by atoms with Gasteiger partial charge in [0.05, 0.1) is 11.4 Å². The van der Waals surface area contributed by atoms with E-state index in [2.05, 4.69) is 36.7 Å². The number of allylic oxidation sites excluding steroid dienone is 1. The van der Waals surface area contributed by atoms with Crippen molar-refractivity contribution in [2.24, 2.45) is 34.0 Å². The fourth-order valence-electron chi connectivity index (χ4n) is 8.22. The van der Waals surface area contributed by atoms with E-state index in [4.69, 9.17) is 0 Å². The summed E-state index contributed by atoms with van der Waals surface area (Å²) < 4.78 is 17.1. The molecule has 0 aliphatic heterocycles. The highest BCUT2D eigenvalue weighted by Crippen LogP contribution is 2.73. The summed E-state index contributed by atoms with van der Waals surface area (Å²) in [6, 6.07) is 0. The van der Waals surface area contributed by atoms with E-state index < -0.39 is 28.0 Å². The Morgan fingerprint density at radius 2 is 1.97 bits per heavy atom. The third kappa shape index (κ3) is 2.43. The highest BCUT2D eigenvalue weighted by Gasteiger charge is 2.74. The molecule has 3 saturated carbocycles. The Morgan fingerprint density at radius 1 is 1.28 bits per heavy atom. The molecule has 3 nitrogen and oxygen atoms in total. The molecule has 8 atom stereocenters. The Labute approximate surface area is 182 Å². The molecule has 29 heavy (non-hydrogen) atoms. The zero-order valence-corrected chi connectivity index (χ0v) is 19.6. The second kappa shape index (κ2) is 6.72. The van der Waals surface area contributed by atoms with Crippen LogP contribution in [0.2, 0.25) is 0 Å². The van der Waals surface area contributed by atoms with Gasteiger partial charge in [-0.1, -0.05) is 55.6 Å². The highest BCUT2D eigenvalue weighted by atomic mass is 79.9. The van der Waals surface area contributed by atoms with Gasteiger partial charge in [-0.25, -0.2) is 4.39 Å². The highest BCUT2D eigenvalue weighted by molar-refractivity contribution is 9.09. The van der Waals surface area contributed by atoms with E-state index in [1.807, 2.05) is 6.92 Å². The lowest BCUT2D eigenvalue weighted by Gasteiger charge is -2.64. The standard InChI is InChI=1S/C24H34BrFO3/c1-5-14-11-18-17-7-6-15-10-16(27)8-9-21(15,2)24(17,26)19(28)12-22(18,3)23(14,4)20(29)13-25/h10,14,17-19,28H,5-9,11-13H2,1-4H3/t14?,17-,18-,19?,21-,22-,23+,24-/m0/s1. The maximum atomic E-state index is 17.1. The molecular formula is C24H34BrFO3. The number of aliphatic hydroxyl groups excluding tert-OH is 1. The van der Waals surface area contributed by atoms with Crippen LogP contribution in [0.3, 0.4) is 0 Å². The molecule has 0 bridgehead atoms. The number of carbonyl (C=O) groups is 2. The van der Waals surface area contributed by atoms with Gasteiger partial charge in [-0.2, -0.15) is 0 Å². The van der Waals surface area contributed by atoms with Crippen molar-refractivity contribution in [2.75, 3.05) is 5.33 Å². The van der Waals surface area contributed by atoms with E-state index in [0.29, 0.717) is 31.0 Å². The Morgan fingerprint density at radius 3 is 2.59 bits per heavy atom. The Bertz CT molecular complexity index is 780. The van der Waals surface area contributed by atoms with E-state index in [9.17, 15) is 14.7 Å². The maximum Gasteiger partial charge on any atom is 0.155 e. The summed E-state index contributed by atoms with van der Waals surface area (Å²) in [4.78, 5) is 25.2. The zero-order chi connectivity index (χ0) is 21.4. The van der Waals surface area contributed by atoms with Gasteiger partial charge in [0.2, 0.25) is 0 Å². The number of carbonyl (C=O) groups excluding carboxylic acids is 2. The van der Waals surface area contributed by atoms with Crippen LogP contribution in [0.1, 0.15) is 72.6 Å². The summed E-state index contributed by atoms with van der Waals surface area (Å²) >= 11 is 3.39. The number of rotatable bonds is 3. The second-order valence-electron chi connectivity index (χ2n) is 10.7. The number of hydrogen-bond acceptors (Lipinski definition) is 3. The summed E-state index contributed by atoms with van der Waals surface area (Å²) in [6.07, 6.45) is 4.78. The van der Waals surface area contributed by atoms with Crippen molar-refractivity contribution < 1.29 is 19.1 Å². The van der Waals surface area contributed by atoms with Gasteiger partial charge in [-0.15, -0.1) is 0 Å². The summed E-state index contributed by atoms with van der Waals surface area (Å²) in [5, 5.41) is 11.7. The van der Waals surface area contributed by atoms with Crippen LogP contribution >= 0.6 is 15.9 Å². The number of halogens is 2. The van der Waals surface area contributed by atoms with Gasteiger partial charge in [-0.3, -0.25) is 9.59 Å². The molecule has 0 aromatic rings. The van der Waals surface area contributed by atoms with E-state index in [0.717, 1.165) is 24.8 Å². The SMILES string of the molecule is CCC1C[C@H]2[C@@H]3CCC4=CC(=O)CC[C@]4(C)[C@@]3(F)C(O)C[C@]2(C)[C@@]1(C)C(=O)CBr. The summed E-state index contributed by atoms with van der Waals surface area (Å²) in [6.45, 7) is 8.26. The molecule has 3 fully saturated rings. The van der Waals surface area contributed by atoms with Crippen LogP contribution in [-0.2, 0) is 9.59 Å². The molecule has 0 heterocycles. The molecule has 4 aliphatic carbocycles. The lowest BCUT2D eigenvalue weighted by molar-refractivity contribution is -0.216. The van der Waals surface area contributed by atoms with Gasteiger partial charge >= 0.3 is 0 Å². The molecule has 162 valence electrons. The molecule has 1 N–H and O–H groups in total. The van der Waals surface area contributed by atoms with Gasteiger partial charge in [0.15, 0.2) is 5.78 Å². The normalized spacial score (nSPS) is 51.7. The molecule has 0 aromatic carbocycles. The fraction of sp³-hybridized carbons (Fsp3) is 0.833. The largest absolute Gasteiger partial charge is 0.390 e. The first-order valence-electron chi connectivity index (χ1n) is 11.2. The van der Waals surface area contributed by atoms with Crippen LogP contribution < -0.4 is 0 Å². The first-order chi connectivity index (χ1) is 13.5. The number of Topliss-reactive ketones (excluding diaryl/α,β-unsaturated/α-hetero) is 1. The molecular weight excluding hydrogens is 435 g/mol. The minimum atomic E-state index is -1.73. The predicted octanol–water partition coefficient (Wildman–Crippen LogP) is 5.19. The lowest BCUT2D eigenvalue weighted by atomic mass is 9.42. The smallest absolute Gasteiger partial charge is 0.155 e. The lowest BCUT2D eigenvalue weighted by Crippen LogP contribution is -2.68. The van der Waals surface area contributed by atoms with E-state index >= 15 is 4.39 Å². The Kier molecular flexibility index (Phi) is 5.02. The second-order valence-corrected chi connectivity index (χ2v) is 11.3. The van der Waals surface area contributed by atoms with Gasteiger partial charge in [0.25, 0.3) is 0 Å². The molecule has 0 aromatic heterocycles. The predicted molar refractivity (Wildman–Crippen MR) is 115 cm³/mol. The van der Waals surface area contributed by atoms with Crippen molar-refractivity contribution in [3.8, 4) is 0 Å². The van der Waals surface area contributed by atoms with E-state index in [1.165, 1.54) is 0 Å². The summed E-state index contributed by atoms with van der Waals surface area (Å²) in [7, 11) is 0. The quantitative estimate of drug-likeness (QED) is 0.579. The third-order valence-corrected chi connectivity index (χ3v) is 10.7. The minimum Gasteiger partial charge on any atom is -0.390 e. The average Bonchev–Trinajstić information content (AvgIpc) is 2.91. The number of ketones is 2. The van der Waals surface area contributed by atoms with Crippen molar-refractivity contribution in [1.29, 1.82) is 0 Å². The Balaban J connectivity index is 1.83. The van der Waals surface area contributed by atoms with Crippen LogP contribution in [0.15, 0.2) is 11.6 Å². The molecule has 2 unspecified atom stereocenters. The molecule has 0 amide bonds. The van der Waals surface area contributed by atoms with Crippen LogP contribution in [0.25, 0.3) is 0 Å². The molecule has 0 saturated heterocycles. The van der Waals surface area contributed by atoms with Gasteiger partial charge < -0.3 is 5.11 Å². The number of aliphatic hydroxyl groups is 1. The molecule has 4 rings (SSSR count). The van der Waals surface area contributed by atoms with Crippen molar-refractivity contribution in [1.82, 2.24) is 0 Å². The van der Waals surface area contributed by atoms with Gasteiger partial charge in [0, 0.05) is 23.2 Å². The number of hydrogen-bond donors (Lipinski definition) is 1. The summed E-state index contributed by atoms with van der Waals surface area (Å²) in [5.74, 6) is 0.265. The van der Waals surface area contributed by atoms with Crippen LogP contribution in [0.4, 0.5) is 4.39 Å². The molecule has 0 radical (unpaired) electrons. The van der Waals surface area contributed by atoms with E-state index in [1.54, 1.807) is 6.08 Å². The Hall–Kier alpha value is -0.550. The zero-order valence-electron chi connectivity index (χ0n) is 18.1. The van der Waals surface area contributed by atoms with E-state index in [-0.39, 0.29) is 29.3 Å². The van der Waals surface area contributed by atoms with Crippen LogP contribution in [-0.4, -0.2) is 33.8 Å². The van der Waals surface area contributed by atoms with Crippen LogP contribution in [0, 0.1) is 34.0 Å². The van der Waals surface area contributed by atoms with Crippen molar-refractivity contribution in [3.63, 3.8) is 0 Å². The number of fused-ring (bicyclic) bond motifs is 5. The first kappa shape index (κ1) is 21.7. The molecule has 0 spiro atoms. The minimum absolute atomic E-state index is 0.0739. The molecule has 5 heteroatoms. The van der Waals surface area contributed by atoms with Gasteiger partial charge in [-0.05, 0) is 55.4 Å². The monoisotopic (exact) mass is 468 g/mol. The number of alkyl halides is 2. The van der Waals surface area contributed by atoms with Crippen molar-refractivity contribution >= 4 is 27.5 Å². The molecule has 4 aliphatic rings. The van der Waals surface area contributed by atoms with Gasteiger partial charge in [0.1, 0.15) is 11.5 Å². The first-order valence-corrected chi connectivity index (χ1v) is 12.3. The fourth-order valence-corrected chi connectivity index (χ4v) is 8.80. The topological polar surface area (TPSA) is 54.4 Å². The average molecular weight is 469 g/mol. The van der Waals surface area contributed by atoms with Crippen molar-refractivity contribution in [3.05, 3.63) is 11.6 Å². The van der Waals surface area contributed by atoms with Crippen LogP contribution in [0.5, 0.6) is 0 Å². The third-order valence-electron chi connectivity index (χ3n) is 10.2. The summed E-state index contributed by atoms with van der Waals surface area (Å²) in [5.41, 5.74) is -2.61. The van der Waals surface area contributed by atoms with Crippen molar-refractivity contribution in [2.45, 2.75) is 84.4 Å². The maximum absolute atomic E-state index is 17.1.